The SMILES string of the molecule is C[C@@]1(O)CCN(C(=O)c2ccc(CN3CCCC3)o2)C[C@H]1O. The van der Waals surface area contributed by atoms with Crippen molar-refractivity contribution in [1.82, 2.24) is 9.80 Å². The predicted molar refractivity (Wildman–Crippen MR) is 80.4 cm³/mol. The molecule has 1 aromatic rings. The maximum atomic E-state index is 12.4. The van der Waals surface area contributed by atoms with Crippen LogP contribution >= 0.6 is 0 Å². The lowest BCUT2D eigenvalue weighted by Crippen LogP contribution is -2.55. The highest BCUT2D eigenvalue weighted by molar-refractivity contribution is 5.91. The molecule has 2 aliphatic heterocycles. The quantitative estimate of drug-likeness (QED) is 0.865. The van der Waals surface area contributed by atoms with E-state index in [9.17, 15) is 15.0 Å². The molecule has 2 aliphatic rings. The molecule has 3 rings (SSSR count). The second-order valence-corrected chi connectivity index (χ2v) is 6.62. The summed E-state index contributed by atoms with van der Waals surface area (Å²) in [6, 6.07) is 3.55. The average Bonchev–Trinajstić information content (AvgIpc) is 3.13. The van der Waals surface area contributed by atoms with E-state index >= 15 is 0 Å². The van der Waals surface area contributed by atoms with Gasteiger partial charge in [-0.25, -0.2) is 0 Å². The largest absolute Gasteiger partial charge is 0.455 e. The number of hydrogen-bond acceptors (Lipinski definition) is 5. The van der Waals surface area contributed by atoms with E-state index in [1.165, 1.54) is 12.8 Å². The molecule has 2 atom stereocenters. The number of aliphatic hydroxyl groups excluding tert-OH is 1. The summed E-state index contributed by atoms with van der Waals surface area (Å²) in [5.41, 5.74) is -1.12. The number of β-amino-alcohol motifs (C(OH)–C–C–N with tert-alkyl or cyclic N) is 1. The number of hydrogen-bond donors (Lipinski definition) is 2. The van der Waals surface area contributed by atoms with Crippen LogP contribution in [0.5, 0.6) is 0 Å². The van der Waals surface area contributed by atoms with Gasteiger partial charge in [0.25, 0.3) is 5.91 Å². The van der Waals surface area contributed by atoms with Gasteiger partial charge < -0.3 is 19.5 Å². The number of nitrogens with zero attached hydrogens (tertiary/aromatic N) is 2. The molecule has 0 spiro atoms. The highest BCUT2D eigenvalue weighted by Gasteiger charge is 2.38. The van der Waals surface area contributed by atoms with E-state index in [1.807, 2.05) is 6.07 Å². The Morgan fingerprint density at radius 1 is 1.36 bits per heavy atom. The first-order valence-electron chi connectivity index (χ1n) is 7.96. The molecule has 2 fully saturated rings. The number of aliphatic hydroxyl groups is 2. The molecule has 6 heteroatoms. The van der Waals surface area contributed by atoms with Crippen molar-refractivity contribution in [2.75, 3.05) is 26.2 Å². The van der Waals surface area contributed by atoms with Crippen LogP contribution in [0.15, 0.2) is 16.5 Å². The van der Waals surface area contributed by atoms with Gasteiger partial charge in [-0.1, -0.05) is 0 Å². The van der Waals surface area contributed by atoms with E-state index in [2.05, 4.69) is 4.90 Å². The molecule has 3 heterocycles. The van der Waals surface area contributed by atoms with Crippen LogP contribution in [-0.2, 0) is 6.54 Å². The number of piperidine rings is 1. The maximum absolute atomic E-state index is 12.4. The average molecular weight is 308 g/mol. The molecule has 0 aromatic carbocycles. The van der Waals surface area contributed by atoms with Crippen molar-refractivity contribution < 1.29 is 19.4 Å². The van der Waals surface area contributed by atoms with Gasteiger partial charge in [0.1, 0.15) is 5.76 Å². The van der Waals surface area contributed by atoms with E-state index in [0.717, 1.165) is 25.4 Å². The molecular formula is C16H24N2O4. The number of likely N-dealkylation sites (tertiary alicyclic amines) is 2. The molecule has 2 N–H and O–H groups in total. The monoisotopic (exact) mass is 308 g/mol. The van der Waals surface area contributed by atoms with Crippen molar-refractivity contribution in [3.63, 3.8) is 0 Å². The van der Waals surface area contributed by atoms with Crippen LogP contribution in [0.25, 0.3) is 0 Å². The number of furan rings is 1. The molecule has 1 aromatic heterocycles. The molecule has 1 amide bonds. The van der Waals surface area contributed by atoms with Crippen LogP contribution in [0, 0.1) is 0 Å². The minimum atomic E-state index is -1.12. The number of carbonyl (C=O) groups is 1. The number of amides is 1. The van der Waals surface area contributed by atoms with Crippen molar-refractivity contribution in [3.8, 4) is 0 Å². The van der Waals surface area contributed by atoms with Crippen LogP contribution in [0.4, 0.5) is 0 Å². The van der Waals surface area contributed by atoms with Crippen molar-refractivity contribution >= 4 is 5.91 Å². The molecule has 0 saturated carbocycles. The first kappa shape index (κ1) is 15.5. The highest BCUT2D eigenvalue weighted by Crippen LogP contribution is 2.24. The lowest BCUT2D eigenvalue weighted by Gasteiger charge is -2.39. The fourth-order valence-corrected chi connectivity index (χ4v) is 3.10. The first-order chi connectivity index (χ1) is 10.5. The molecule has 22 heavy (non-hydrogen) atoms. The molecule has 122 valence electrons. The summed E-state index contributed by atoms with van der Waals surface area (Å²) in [4.78, 5) is 16.3. The third kappa shape index (κ3) is 3.19. The summed E-state index contributed by atoms with van der Waals surface area (Å²) >= 11 is 0. The van der Waals surface area contributed by atoms with Gasteiger partial charge in [0.2, 0.25) is 0 Å². The Labute approximate surface area is 130 Å². The fraction of sp³-hybridized carbons (Fsp3) is 0.688. The van der Waals surface area contributed by atoms with Gasteiger partial charge in [0.15, 0.2) is 5.76 Å². The maximum Gasteiger partial charge on any atom is 0.289 e. The highest BCUT2D eigenvalue weighted by atomic mass is 16.4. The predicted octanol–water partition coefficient (Wildman–Crippen LogP) is 0.833. The summed E-state index contributed by atoms with van der Waals surface area (Å²) in [6.07, 6.45) is 1.88. The van der Waals surface area contributed by atoms with Gasteiger partial charge in [-0.2, -0.15) is 0 Å². The minimum Gasteiger partial charge on any atom is -0.455 e. The smallest absolute Gasteiger partial charge is 0.289 e. The Morgan fingerprint density at radius 3 is 2.77 bits per heavy atom. The van der Waals surface area contributed by atoms with Crippen molar-refractivity contribution in [1.29, 1.82) is 0 Å². The van der Waals surface area contributed by atoms with Crippen molar-refractivity contribution in [2.45, 2.75) is 44.4 Å². The summed E-state index contributed by atoms with van der Waals surface area (Å²) in [7, 11) is 0. The van der Waals surface area contributed by atoms with E-state index in [0.29, 0.717) is 18.7 Å². The minimum absolute atomic E-state index is 0.133. The molecule has 0 radical (unpaired) electrons. The second-order valence-electron chi connectivity index (χ2n) is 6.62. The Balaban J connectivity index is 1.62. The Morgan fingerprint density at radius 2 is 2.09 bits per heavy atom. The number of rotatable bonds is 3. The summed E-state index contributed by atoms with van der Waals surface area (Å²) in [6.45, 7) is 5.05. The molecule has 0 aliphatic carbocycles. The fourth-order valence-electron chi connectivity index (χ4n) is 3.10. The van der Waals surface area contributed by atoms with Crippen LogP contribution in [-0.4, -0.2) is 63.8 Å². The van der Waals surface area contributed by atoms with E-state index in [4.69, 9.17) is 4.42 Å². The van der Waals surface area contributed by atoms with E-state index < -0.39 is 11.7 Å². The summed E-state index contributed by atoms with van der Waals surface area (Å²) < 4.78 is 5.67. The van der Waals surface area contributed by atoms with Gasteiger partial charge in [0.05, 0.1) is 18.2 Å². The van der Waals surface area contributed by atoms with Gasteiger partial charge in [0, 0.05) is 13.1 Å². The molecule has 0 bridgehead atoms. The Bertz CT molecular complexity index is 534. The van der Waals surface area contributed by atoms with Crippen LogP contribution in [0.2, 0.25) is 0 Å². The van der Waals surface area contributed by atoms with Crippen molar-refractivity contribution in [2.24, 2.45) is 0 Å². The zero-order valence-corrected chi connectivity index (χ0v) is 13.0. The topological polar surface area (TPSA) is 77.2 Å². The van der Waals surface area contributed by atoms with Gasteiger partial charge in [-0.3, -0.25) is 9.69 Å². The van der Waals surface area contributed by atoms with Crippen LogP contribution in [0.1, 0.15) is 42.5 Å². The molecule has 0 unspecified atom stereocenters. The summed E-state index contributed by atoms with van der Waals surface area (Å²) in [5.74, 6) is 0.889. The van der Waals surface area contributed by atoms with Gasteiger partial charge >= 0.3 is 0 Å². The van der Waals surface area contributed by atoms with Crippen LogP contribution in [0.3, 0.4) is 0 Å². The normalized spacial score (nSPS) is 30.0. The van der Waals surface area contributed by atoms with Gasteiger partial charge in [-0.05, 0) is 51.4 Å². The van der Waals surface area contributed by atoms with E-state index in [-0.39, 0.29) is 12.5 Å². The Kier molecular flexibility index (Phi) is 4.25. The molecule has 6 nitrogen and oxygen atoms in total. The summed E-state index contributed by atoms with van der Waals surface area (Å²) in [5, 5.41) is 19.9. The zero-order valence-electron chi connectivity index (χ0n) is 13.0. The third-order valence-corrected chi connectivity index (χ3v) is 4.74. The third-order valence-electron chi connectivity index (χ3n) is 4.74. The zero-order chi connectivity index (χ0) is 15.7. The Hall–Kier alpha value is -1.37. The standard InChI is InChI=1S/C16H24N2O4/c1-16(21)6-9-18(11-14(16)19)15(20)13-5-4-12(22-13)10-17-7-2-3-8-17/h4-5,14,19,21H,2-3,6-11H2,1H3/t14-,16-/m1/s1. The first-order valence-corrected chi connectivity index (χ1v) is 7.96. The van der Waals surface area contributed by atoms with E-state index in [1.54, 1.807) is 17.9 Å². The lowest BCUT2D eigenvalue weighted by atomic mass is 9.91. The van der Waals surface area contributed by atoms with Crippen LogP contribution < -0.4 is 0 Å². The van der Waals surface area contributed by atoms with Crippen molar-refractivity contribution in [3.05, 3.63) is 23.7 Å². The molecular weight excluding hydrogens is 284 g/mol. The second kappa shape index (κ2) is 6.02. The molecule has 2 saturated heterocycles. The number of carbonyl (C=O) groups excluding carboxylic acids is 1. The van der Waals surface area contributed by atoms with Gasteiger partial charge in [-0.15, -0.1) is 0 Å². The lowest BCUT2D eigenvalue weighted by molar-refractivity contribution is -0.100.